The highest BCUT2D eigenvalue weighted by Gasteiger charge is 2.21. The third-order valence-corrected chi connectivity index (χ3v) is 6.00. The fraction of sp³-hybridized carbons (Fsp3) is 0.391. The standard InChI is InChI=1S/C23H27Cl2FN4O3/c24-17-6-5-16(20(25)11-17)12-27-22(32)15-30-9-7-29(8-10-30)14-18(31)13-28-23(33)19-3-1-2-4-21(19)26/h1-6,11,18,31H,7-10,12-15H2,(H,27,32)(H,28,33). The molecule has 1 saturated heterocycles. The number of nitrogens with zero attached hydrogens (tertiary/aromatic N) is 2. The maximum Gasteiger partial charge on any atom is 0.254 e. The maximum atomic E-state index is 13.7. The highest BCUT2D eigenvalue weighted by Crippen LogP contribution is 2.20. The van der Waals surface area contributed by atoms with Gasteiger partial charge in [0.1, 0.15) is 5.82 Å². The van der Waals surface area contributed by atoms with Crippen LogP contribution >= 0.6 is 23.2 Å². The Morgan fingerprint density at radius 3 is 2.42 bits per heavy atom. The molecule has 3 rings (SSSR count). The normalized spacial score (nSPS) is 15.8. The number of β-amino-alcohol motifs (C(OH)–C–C–N with tert-alkyl or cyclic N) is 1. The van der Waals surface area contributed by atoms with Gasteiger partial charge in [-0.3, -0.25) is 19.4 Å². The number of aliphatic hydroxyl groups excluding tert-OH is 1. The van der Waals surface area contributed by atoms with Crippen molar-refractivity contribution in [1.29, 1.82) is 0 Å². The second-order valence-electron chi connectivity index (χ2n) is 7.93. The molecule has 2 amide bonds. The average Bonchev–Trinajstić information content (AvgIpc) is 2.78. The summed E-state index contributed by atoms with van der Waals surface area (Å²) in [7, 11) is 0. The Morgan fingerprint density at radius 2 is 1.73 bits per heavy atom. The molecule has 0 saturated carbocycles. The summed E-state index contributed by atoms with van der Waals surface area (Å²) in [5.74, 6) is -1.24. The summed E-state index contributed by atoms with van der Waals surface area (Å²) in [6.45, 7) is 3.77. The molecule has 0 radical (unpaired) electrons. The molecule has 178 valence electrons. The number of halogens is 3. The van der Waals surface area contributed by atoms with Crippen molar-refractivity contribution in [2.75, 3.05) is 45.8 Å². The van der Waals surface area contributed by atoms with Gasteiger partial charge in [-0.1, -0.05) is 41.4 Å². The lowest BCUT2D eigenvalue weighted by molar-refractivity contribution is -0.122. The molecule has 1 unspecified atom stereocenters. The van der Waals surface area contributed by atoms with Gasteiger partial charge in [-0.2, -0.15) is 0 Å². The summed E-state index contributed by atoms with van der Waals surface area (Å²) < 4.78 is 13.7. The number of hydrogen-bond donors (Lipinski definition) is 3. The van der Waals surface area contributed by atoms with E-state index in [1.54, 1.807) is 24.3 Å². The minimum atomic E-state index is -0.778. The Morgan fingerprint density at radius 1 is 1.03 bits per heavy atom. The zero-order valence-electron chi connectivity index (χ0n) is 18.1. The van der Waals surface area contributed by atoms with Gasteiger partial charge in [-0.25, -0.2) is 4.39 Å². The number of carbonyl (C=O) groups excluding carboxylic acids is 2. The molecule has 0 aliphatic carbocycles. The van der Waals surface area contributed by atoms with Gasteiger partial charge in [-0.15, -0.1) is 0 Å². The van der Waals surface area contributed by atoms with E-state index >= 15 is 0 Å². The quantitative estimate of drug-likeness (QED) is 0.495. The van der Waals surface area contributed by atoms with Crippen molar-refractivity contribution >= 4 is 35.0 Å². The van der Waals surface area contributed by atoms with E-state index in [0.717, 1.165) is 5.56 Å². The van der Waals surface area contributed by atoms with E-state index in [9.17, 15) is 19.1 Å². The van der Waals surface area contributed by atoms with Crippen molar-refractivity contribution in [2.24, 2.45) is 0 Å². The minimum absolute atomic E-state index is 0.0308. The first-order valence-electron chi connectivity index (χ1n) is 10.7. The van der Waals surface area contributed by atoms with Crippen molar-refractivity contribution in [2.45, 2.75) is 12.6 Å². The predicted molar refractivity (Wildman–Crippen MR) is 126 cm³/mol. The molecule has 2 aromatic rings. The Hall–Kier alpha value is -2.23. The van der Waals surface area contributed by atoms with Gasteiger partial charge in [0.25, 0.3) is 5.91 Å². The fourth-order valence-corrected chi connectivity index (χ4v) is 4.04. The Balaban J connectivity index is 1.33. The molecule has 7 nitrogen and oxygen atoms in total. The van der Waals surface area contributed by atoms with Gasteiger partial charge >= 0.3 is 0 Å². The molecule has 1 fully saturated rings. The monoisotopic (exact) mass is 496 g/mol. The van der Waals surface area contributed by atoms with Crippen LogP contribution in [0.5, 0.6) is 0 Å². The maximum absolute atomic E-state index is 13.7. The molecule has 1 atom stereocenters. The molecular formula is C23H27Cl2FN4O3. The first-order valence-corrected chi connectivity index (χ1v) is 11.4. The van der Waals surface area contributed by atoms with Crippen LogP contribution < -0.4 is 10.6 Å². The van der Waals surface area contributed by atoms with Crippen molar-refractivity contribution in [3.63, 3.8) is 0 Å². The van der Waals surface area contributed by atoms with Crippen LogP contribution in [0.15, 0.2) is 42.5 Å². The van der Waals surface area contributed by atoms with Crippen molar-refractivity contribution in [1.82, 2.24) is 20.4 Å². The molecule has 0 spiro atoms. The number of benzene rings is 2. The summed E-state index contributed by atoms with van der Waals surface area (Å²) in [5, 5.41) is 16.7. The Kier molecular flexibility index (Phi) is 9.46. The van der Waals surface area contributed by atoms with Gasteiger partial charge in [0, 0.05) is 55.9 Å². The van der Waals surface area contributed by atoms with E-state index in [2.05, 4.69) is 15.5 Å². The predicted octanol–water partition coefficient (Wildman–Crippen LogP) is 2.16. The van der Waals surface area contributed by atoms with Gasteiger partial charge < -0.3 is 15.7 Å². The van der Waals surface area contributed by atoms with Crippen LogP contribution in [-0.2, 0) is 11.3 Å². The first-order chi connectivity index (χ1) is 15.8. The number of hydrogen-bond acceptors (Lipinski definition) is 5. The zero-order valence-corrected chi connectivity index (χ0v) is 19.6. The molecule has 1 heterocycles. The summed E-state index contributed by atoms with van der Waals surface area (Å²) >= 11 is 12.0. The smallest absolute Gasteiger partial charge is 0.254 e. The van der Waals surface area contributed by atoms with Crippen LogP contribution in [0.1, 0.15) is 15.9 Å². The average molecular weight is 497 g/mol. The van der Waals surface area contributed by atoms with Crippen molar-refractivity contribution < 1.29 is 19.1 Å². The Bertz CT molecular complexity index is 970. The molecule has 3 N–H and O–H groups in total. The van der Waals surface area contributed by atoms with E-state index in [4.69, 9.17) is 23.2 Å². The molecule has 0 aromatic heterocycles. The van der Waals surface area contributed by atoms with Crippen LogP contribution in [0.3, 0.4) is 0 Å². The molecule has 1 aliphatic rings. The van der Waals surface area contributed by atoms with Gasteiger partial charge in [0.15, 0.2) is 0 Å². The second kappa shape index (κ2) is 12.3. The van der Waals surface area contributed by atoms with E-state index in [1.165, 1.54) is 18.2 Å². The zero-order chi connectivity index (χ0) is 23.8. The van der Waals surface area contributed by atoms with Gasteiger partial charge in [-0.05, 0) is 29.8 Å². The molecular weight excluding hydrogens is 470 g/mol. The van der Waals surface area contributed by atoms with Crippen LogP contribution in [0.4, 0.5) is 4.39 Å². The van der Waals surface area contributed by atoms with E-state index < -0.39 is 17.8 Å². The third-order valence-electron chi connectivity index (χ3n) is 5.41. The lowest BCUT2D eigenvalue weighted by Crippen LogP contribution is -2.51. The van der Waals surface area contributed by atoms with Crippen molar-refractivity contribution in [3.8, 4) is 0 Å². The number of nitrogens with one attached hydrogen (secondary N) is 2. The summed E-state index contributed by atoms with van der Waals surface area (Å²) in [5.41, 5.74) is 0.755. The number of aliphatic hydroxyl groups is 1. The van der Waals surface area contributed by atoms with E-state index in [0.29, 0.717) is 49.3 Å². The van der Waals surface area contributed by atoms with E-state index in [1.807, 2.05) is 4.90 Å². The van der Waals surface area contributed by atoms with E-state index in [-0.39, 0.29) is 24.6 Å². The second-order valence-corrected chi connectivity index (χ2v) is 8.78. The molecule has 33 heavy (non-hydrogen) atoms. The summed E-state index contributed by atoms with van der Waals surface area (Å²) in [6, 6.07) is 10.9. The summed E-state index contributed by atoms with van der Waals surface area (Å²) in [6.07, 6.45) is -0.778. The number of amides is 2. The van der Waals surface area contributed by atoms with Crippen LogP contribution in [0.25, 0.3) is 0 Å². The molecule has 2 aromatic carbocycles. The van der Waals surface area contributed by atoms with Gasteiger partial charge in [0.2, 0.25) is 5.91 Å². The fourth-order valence-electron chi connectivity index (χ4n) is 3.56. The van der Waals surface area contributed by atoms with Crippen LogP contribution in [-0.4, -0.2) is 78.6 Å². The first kappa shape index (κ1) is 25.4. The number of rotatable bonds is 9. The third kappa shape index (κ3) is 7.94. The SMILES string of the molecule is O=C(CN1CCN(CC(O)CNC(=O)c2ccccc2F)CC1)NCc1ccc(Cl)cc1Cl. The highest BCUT2D eigenvalue weighted by atomic mass is 35.5. The Labute approximate surface area is 202 Å². The topological polar surface area (TPSA) is 84.9 Å². The lowest BCUT2D eigenvalue weighted by Gasteiger charge is -2.35. The van der Waals surface area contributed by atoms with Crippen LogP contribution in [0, 0.1) is 5.82 Å². The van der Waals surface area contributed by atoms with Crippen molar-refractivity contribution in [3.05, 3.63) is 69.5 Å². The summed E-state index contributed by atoms with van der Waals surface area (Å²) in [4.78, 5) is 28.4. The van der Waals surface area contributed by atoms with Crippen LogP contribution in [0.2, 0.25) is 10.0 Å². The lowest BCUT2D eigenvalue weighted by atomic mass is 10.2. The highest BCUT2D eigenvalue weighted by molar-refractivity contribution is 6.35. The molecule has 10 heteroatoms. The minimum Gasteiger partial charge on any atom is -0.390 e. The van der Waals surface area contributed by atoms with Gasteiger partial charge in [0.05, 0.1) is 18.2 Å². The number of carbonyl (C=O) groups is 2. The molecule has 1 aliphatic heterocycles. The molecule has 0 bridgehead atoms. The number of piperazine rings is 1. The largest absolute Gasteiger partial charge is 0.390 e.